The summed E-state index contributed by atoms with van der Waals surface area (Å²) in [4.78, 5) is 44.1. The smallest absolute Gasteiger partial charge is 0.280 e. The maximum Gasteiger partial charge on any atom is 0.280 e. The quantitative estimate of drug-likeness (QED) is 0.781. The van der Waals surface area contributed by atoms with Crippen molar-refractivity contribution in [2.45, 2.75) is 19.3 Å². The molecular formula is C21H21N3O3. The third-order valence-electron chi connectivity index (χ3n) is 5.36. The molecule has 0 atom stereocenters. The third-order valence-corrected chi connectivity index (χ3v) is 5.36. The van der Waals surface area contributed by atoms with Gasteiger partial charge in [-0.3, -0.25) is 24.3 Å². The van der Waals surface area contributed by atoms with Crippen molar-refractivity contribution in [3.63, 3.8) is 0 Å². The van der Waals surface area contributed by atoms with E-state index in [0.717, 1.165) is 24.2 Å². The number of imide groups is 1. The fourth-order valence-electron chi connectivity index (χ4n) is 3.83. The van der Waals surface area contributed by atoms with Crippen molar-refractivity contribution >= 4 is 17.7 Å². The Bertz CT molecular complexity index is 838. The van der Waals surface area contributed by atoms with Gasteiger partial charge in [-0.2, -0.15) is 0 Å². The maximum absolute atomic E-state index is 12.6. The normalized spacial score (nSPS) is 17.3. The molecule has 3 amide bonds. The van der Waals surface area contributed by atoms with Crippen LogP contribution in [-0.2, 0) is 11.2 Å². The van der Waals surface area contributed by atoms with Crippen LogP contribution in [0.4, 0.5) is 0 Å². The van der Waals surface area contributed by atoms with E-state index in [1.165, 1.54) is 11.8 Å². The van der Waals surface area contributed by atoms with E-state index in [1.807, 2.05) is 18.2 Å². The van der Waals surface area contributed by atoms with E-state index in [4.69, 9.17) is 0 Å². The Balaban J connectivity index is 1.33. The first-order chi connectivity index (χ1) is 13.1. The largest absolute Gasteiger partial charge is 0.341 e. The van der Waals surface area contributed by atoms with Crippen LogP contribution in [-0.4, -0.2) is 52.1 Å². The summed E-state index contributed by atoms with van der Waals surface area (Å²) >= 11 is 0. The van der Waals surface area contributed by atoms with Gasteiger partial charge in [-0.25, -0.2) is 0 Å². The molecule has 138 valence electrons. The Labute approximate surface area is 157 Å². The molecule has 6 heteroatoms. The molecule has 2 aromatic rings. The Morgan fingerprint density at radius 1 is 1.00 bits per heavy atom. The lowest BCUT2D eigenvalue weighted by Crippen LogP contribution is -2.45. The van der Waals surface area contributed by atoms with E-state index in [0.29, 0.717) is 19.0 Å². The number of nitrogens with zero attached hydrogens (tertiary/aromatic N) is 3. The minimum absolute atomic E-state index is 0.136. The van der Waals surface area contributed by atoms with Crippen molar-refractivity contribution in [2.75, 3.05) is 19.6 Å². The fourth-order valence-corrected chi connectivity index (χ4v) is 3.83. The van der Waals surface area contributed by atoms with Crippen LogP contribution in [0.3, 0.4) is 0 Å². The van der Waals surface area contributed by atoms with Crippen molar-refractivity contribution in [2.24, 2.45) is 5.92 Å². The van der Waals surface area contributed by atoms with E-state index in [-0.39, 0.29) is 23.7 Å². The van der Waals surface area contributed by atoms with Crippen LogP contribution in [0.2, 0.25) is 0 Å². The van der Waals surface area contributed by atoms with Crippen molar-refractivity contribution in [1.29, 1.82) is 0 Å². The summed E-state index contributed by atoms with van der Waals surface area (Å²) in [5.41, 5.74) is 1.73. The number of aromatic nitrogens is 1. The van der Waals surface area contributed by atoms with Gasteiger partial charge in [-0.1, -0.05) is 30.3 Å². The topological polar surface area (TPSA) is 70.6 Å². The number of carbonyl (C=O) groups is 3. The lowest BCUT2D eigenvalue weighted by molar-refractivity contribution is -0.132. The van der Waals surface area contributed by atoms with Gasteiger partial charge in [0.1, 0.15) is 12.2 Å². The van der Waals surface area contributed by atoms with Gasteiger partial charge in [0.2, 0.25) is 5.91 Å². The lowest BCUT2D eigenvalue weighted by atomic mass is 9.90. The third kappa shape index (κ3) is 3.47. The highest BCUT2D eigenvalue weighted by atomic mass is 16.2. The number of fused-ring (bicyclic) bond motifs is 1. The Morgan fingerprint density at radius 3 is 2.44 bits per heavy atom. The van der Waals surface area contributed by atoms with Crippen LogP contribution >= 0.6 is 0 Å². The molecule has 0 bridgehead atoms. The number of rotatable bonds is 4. The summed E-state index contributed by atoms with van der Waals surface area (Å²) in [5, 5.41) is 0. The molecule has 0 unspecified atom stereocenters. The van der Waals surface area contributed by atoms with Gasteiger partial charge in [0, 0.05) is 19.3 Å². The number of amides is 3. The Hall–Kier alpha value is -3.02. The highest BCUT2D eigenvalue weighted by Gasteiger charge is 2.38. The highest BCUT2D eigenvalue weighted by Crippen LogP contribution is 2.23. The average molecular weight is 363 g/mol. The molecule has 0 spiro atoms. The van der Waals surface area contributed by atoms with Crippen LogP contribution in [0.1, 0.15) is 39.3 Å². The zero-order valence-corrected chi connectivity index (χ0v) is 15.0. The van der Waals surface area contributed by atoms with Gasteiger partial charge in [0.05, 0.1) is 5.56 Å². The second-order valence-electron chi connectivity index (χ2n) is 7.11. The van der Waals surface area contributed by atoms with Crippen LogP contribution in [0.25, 0.3) is 0 Å². The molecule has 6 nitrogen and oxygen atoms in total. The van der Waals surface area contributed by atoms with Crippen molar-refractivity contribution in [3.05, 3.63) is 65.5 Å². The minimum Gasteiger partial charge on any atom is -0.341 e. The number of likely N-dealkylation sites (tertiary alicyclic amines) is 1. The molecule has 1 aromatic carbocycles. The molecule has 0 aliphatic carbocycles. The molecule has 1 aromatic heterocycles. The molecule has 0 radical (unpaired) electrons. The standard InChI is InChI=1S/C21H21N3O3/c25-18(14-24-20(26)17-7-4-10-22-19(17)21(24)27)23-11-8-16(9-12-23)13-15-5-2-1-3-6-15/h1-7,10,16H,8-9,11-14H2. The molecular weight excluding hydrogens is 342 g/mol. The number of piperidine rings is 1. The van der Waals surface area contributed by atoms with Gasteiger partial charge < -0.3 is 4.90 Å². The molecule has 4 rings (SSSR count). The number of benzene rings is 1. The van der Waals surface area contributed by atoms with Crippen LogP contribution < -0.4 is 0 Å². The molecule has 3 heterocycles. The van der Waals surface area contributed by atoms with E-state index in [2.05, 4.69) is 17.1 Å². The lowest BCUT2D eigenvalue weighted by Gasteiger charge is -2.33. The molecule has 27 heavy (non-hydrogen) atoms. The predicted molar refractivity (Wildman–Crippen MR) is 99.1 cm³/mol. The van der Waals surface area contributed by atoms with Gasteiger partial charge in [-0.15, -0.1) is 0 Å². The Morgan fingerprint density at radius 2 is 1.74 bits per heavy atom. The first kappa shape index (κ1) is 17.4. The monoisotopic (exact) mass is 363 g/mol. The molecule has 2 aliphatic rings. The summed E-state index contributed by atoms with van der Waals surface area (Å²) < 4.78 is 0. The summed E-state index contributed by atoms with van der Waals surface area (Å²) in [6, 6.07) is 13.6. The zero-order chi connectivity index (χ0) is 18.8. The number of pyridine rings is 1. The number of hydrogen-bond acceptors (Lipinski definition) is 4. The summed E-state index contributed by atoms with van der Waals surface area (Å²) in [7, 11) is 0. The molecule has 2 aliphatic heterocycles. The van der Waals surface area contributed by atoms with E-state index < -0.39 is 11.8 Å². The van der Waals surface area contributed by atoms with E-state index >= 15 is 0 Å². The Kier molecular flexibility index (Phi) is 4.71. The van der Waals surface area contributed by atoms with Crippen molar-refractivity contribution in [3.8, 4) is 0 Å². The van der Waals surface area contributed by atoms with E-state index in [9.17, 15) is 14.4 Å². The van der Waals surface area contributed by atoms with Gasteiger partial charge in [0.15, 0.2) is 0 Å². The van der Waals surface area contributed by atoms with Crippen LogP contribution in [0, 0.1) is 5.92 Å². The van der Waals surface area contributed by atoms with Gasteiger partial charge in [-0.05, 0) is 42.9 Å². The summed E-state index contributed by atoms with van der Waals surface area (Å²) in [6.45, 7) is 1.12. The van der Waals surface area contributed by atoms with Crippen molar-refractivity contribution in [1.82, 2.24) is 14.8 Å². The zero-order valence-electron chi connectivity index (χ0n) is 15.0. The SMILES string of the molecule is O=C(CN1C(=O)c2cccnc2C1=O)N1CCC(Cc2ccccc2)CC1. The second-order valence-corrected chi connectivity index (χ2v) is 7.11. The number of hydrogen-bond donors (Lipinski definition) is 0. The van der Waals surface area contributed by atoms with Gasteiger partial charge in [0.25, 0.3) is 11.8 Å². The first-order valence-electron chi connectivity index (χ1n) is 9.26. The molecule has 1 saturated heterocycles. The van der Waals surface area contributed by atoms with E-state index in [1.54, 1.807) is 17.0 Å². The highest BCUT2D eigenvalue weighted by molar-refractivity contribution is 6.21. The summed E-state index contributed by atoms with van der Waals surface area (Å²) in [6.07, 6.45) is 4.37. The average Bonchev–Trinajstić information content (AvgIpc) is 2.94. The molecule has 1 fully saturated rings. The minimum atomic E-state index is -0.483. The fraction of sp³-hybridized carbons (Fsp3) is 0.333. The van der Waals surface area contributed by atoms with Crippen LogP contribution in [0.15, 0.2) is 48.7 Å². The summed E-state index contributed by atoms with van der Waals surface area (Å²) in [5.74, 6) is -0.541. The predicted octanol–water partition coefficient (Wildman–Crippen LogP) is 2.16. The van der Waals surface area contributed by atoms with Crippen LogP contribution in [0.5, 0.6) is 0 Å². The second kappa shape index (κ2) is 7.31. The first-order valence-corrected chi connectivity index (χ1v) is 9.26. The van der Waals surface area contributed by atoms with Gasteiger partial charge >= 0.3 is 0 Å². The molecule has 0 saturated carbocycles. The number of carbonyl (C=O) groups excluding carboxylic acids is 3. The maximum atomic E-state index is 12.6. The molecule has 0 N–H and O–H groups in total. The van der Waals surface area contributed by atoms with Crippen molar-refractivity contribution < 1.29 is 14.4 Å².